The molecule has 0 aromatic heterocycles. The lowest BCUT2D eigenvalue weighted by atomic mass is 10.1. The van der Waals surface area contributed by atoms with Crippen molar-refractivity contribution >= 4 is 29.3 Å². The third-order valence-corrected chi connectivity index (χ3v) is 4.23. The van der Waals surface area contributed by atoms with E-state index >= 15 is 0 Å². The highest BCUT2D eigenvalue weighted by Gasteiger charge is 2.12. The first kappa shape index (κ1) is 21.4. The van der Waals surface area contributed by atoms with E-state index in [1.807, 2.05) is 24.3 Å². The van der Waals surface area contributed by atoms with Crippen molar-refractivity contribution in [3.8, 4) is 5.75 Å². The first-order valence-electron chi connectivity index (χ1n) is 8.82. The van der Waals surface area contributed by atoms with Crippen molar-refractivity contribution in [2.75, 3.05) is 20.3 Å². The fourth-order valence-electron chi connectivity index (χ4n) is 2.40. The molecular weight excluding hydrogens is 382 g/mol. The minimum absolute atomic E-state index is 0.0134. The van der Waals surface area contributed by atoms with Crippen LogP contribution in [0.5, 0.6) is 5.75 Å². The molecule has 0 aliphatic rings. The maximum absolute atomic E-state index is 12.0. The van der Waals surface area contributed by atoms with E-state index in [2.05, 4.69) is 5.32 Å². The summed E-state index contributed by atoms with van der Waals surface area (Å²) in [6, 6.07) is 14.0. The first-order valence-corrected chi connectivity index (χ1v) is 9.19. The van der Waals surface area contributed by atoms with Gasteiger partial charge >= 0.3 is 5.97 Å². The average Bonchev–Trinajstić information content (AvgIpc) is 2.71. The van der Waals surface area contributed by atoms with Gasteiger partial charge in [-0.3, -0.25) is 14.4 Å². The molecule has 28 heavy (non-hydrogen) atoms. The van der Waals surface area contributed by atoms with Crippen molar-refractivity contribution in [1.29, 1.82) is 0 Å². The summed E-state index contributed by atoms with van der Waals surface area (Å²) in [5.41, 5.74) is 1.53. The van der Waals surface area contributed by atoms with E-state index in [1.165, 1.54) is 0 Å². The zero-order valence-corrected chi connectivity index (χ0v) is 16.3. The summed E-state index contributed by atoms with van der Waals surface area (Å²) in [6.07, 6.45) is 0.583. The number of nitrogens with one attached hydrogen (secondary N) is 1. The smallest absolute Gasteiger partial charge is 0.306 e. The highest BCUT2D eigenvalue weighted by atomic mass is 35.5. The number of ether oxygens (including phenoxy) is 2. The van der Waals surface area contributed by atoms with Crippen LogP contribution in [0.3, 0.4) is 0 Å². The van der Waals surface area contributed by atoms with Gasteiger partial charge in [0, 0.05) is 23.6 Å². The summed E-state index contributed by atoms with van der Waals surface area (Å²) in [5, 5.41) is 3.22. The van der Waals surface area contributed by atoms with Crippen LogP contribution in [0.4, 0.5) is 0 Å². The van der Waals surface area contributed by atoms with Crippen LogP contribution in [0.1, 0.15) is 28.8 Å². The SMILES string of the molecule is COc1ccc(CCNC(=O)COC(=O)CCC(=O)c2ccc(Cl)cc2)cc1. The van der Waals surface area contributed by atoms with Gasteiger partial charge in [0.2, 0.25) is 0 Å². The molecule has 1 amide bonds. The number of carbonyl (C=O) groups excluding carboxylic acids is 3. The predicted octanol–water partition coefficient (Wildman–Crippen LogP) is 3.21. The van der Waals surface area contributed by atoms with Crippen LogP contribution >= 0.6 is 11.6 Å². The molecule has 0 radical (unpaired) electrons. The Bertz CT molecular complexity index is 803. The number of rotatable bonds is 10. The fourth-order valence-corrected chi connectivity index (χ4v) is 2.53. The van der Waals surface area contributed by atoms with E-state index in [1.54, 1.807) is 31.4 Å². The largest absolute Gasteiger partial charge is 0.497 e. The number of hydrogen-bond acceptors (Lipinski definition) is 5. The van der Waals surface area contributed by atoms with Gasteiger partial charge in [-0.25, -0.2) is 0 Å². The van der Waals surface area contributed by atoms with Gasteiger partial charge in [-0.1, -0.05) is 23.7 Å². The Balaban J connectivity index is 1.61. The lowest BCUT2D eigenvalue weighted by Crippen LogP contribution is -2.30. The van der Waals surface area contributed by atoms with Crippen molar-refractivity contribution in [3.63, 3.8) is 0 Å². The van der Waals surface area contributed by atoms with Crippen LogP contribution in [0.15, 0.2) is 48.5 Å². The molecule has 0 fully saturated rings. The number of carbonyl (C=O) groups is 3. The molecule has 7 heteroatoms. The summed E-state index contributed by atoms with van der Waals surface area (Å²) in [7, 11) is 1.60. The highest BCUT2D eigenvalue weighted by molar-refractivity contribution is 6.30. The summed E-state index contributed by atoms with van der Waals surface area (Å²) in [6.45, 7) is 0.0638. The monoisotopic (exact) mass is 403 g/mol. The Morgan fingerprint density at radius 1 is 0.964 bits per heavy atom. The van der Waals surface area contributed by atoms with Crippen LogP contribution in [0.2, 0.25) is 5.02 Å². The van der Waals surface area contributed by atoms with Crippen molar-refractivity contribution in [2.24, 2.45) is 0 Å². The lowest BCUT2D eigenvalue weighted by Gasteiger charge is -2.07. The Labute approximate surface area is 168 Å². The summed E-state index contributed by atoms with van der Waals surface area (Å²) in [4.78, 5) is 35.4. The van der Waals surface area contributed by atoms with Crippen LogP contribution in [0, 0.1) is 0 Å². The van der Waals surface area contributed by atoms with Gasteiger partial charge in [-0.05, 0) is 48.4 Å². The lowest BCUT2D eigenvalue weighted by molar-refractivity contribution is -0.148. The number of hydrogen-bond donors (Lipinski definition) is 1. The molecule has 2 aromatic carbocycles. The molecule has 0 heterocycles. The Kier molecular flexibility index (Phi) is 8.49. The van der Waals surface area contributed by atoms with E-state index in [0.717, 1.165) is 11.3 Å². The van der Waals surface area contributed by atoms with E-state index in [4.69, 9.17) is 21.1 Å². The number of ketones is 1. The second-order valence-electron chi connectivity index (χ2n) is 6.04. The summed E-state index contributed by atoms with van der Waals surface area (Å²) < 4.78 is 9.99. The predicted molar refractivity (Wildman–Crippen MR) is 106 cm³/mol. The van der Waals surface area contributed by atoms with Crippen molar-refractivity contribution in [2.45, 2.75) is 19.3 Å². The van der Waals surface area contributed by atoms with Crippen LogP contribution < -0.4 is 10.1 Å². The third-order valence-electron chi connectivity index (χ3n) is 3.98. The van der Waals surface area contributed by atoms with E-state index in [-0.39, 0.29) is 31.1 Å². The quantitative estimate of drug-likeness (QED) is 0.486. The number of amides is 1. The van der Waals surface area contributed by atoms with Crippen LogP contribution in [0.25, 0.3) is 0 Å². The number of benzene rings is 2. The van der Waals surface area contributed by atoms with Gasteiger partial charge in [0.25, 0.3) is 5.91 Å². The molecule has 0 aliphatic heterocycles. The Morgan fingerprint density at radius 2 is 1.64 bits per heavy atom. The molecule has 0 saturated carbocycles. The molecule has 0 aliphatic carbocycles. The van der Waals surface area contributed by atoms with E-state index in [0.29, 0.717) is 23.6 Å². The maximum Gasteiger partial charge on any atom is 0.306 e. The standard InChI is InChI=1S/C21H22ClNO5/c1-27-18-8-2-15(3-9-18)12-13-23-20(25)14-28-21(26)11-10-19(24)16-4-6-17(22)7-5-16/h2-9H,10-14H2,1H3,(H,23,25). The van der Waals surface area contributed by atoms with Gasteiger partial charge in [-0.15, -0.1) is 0 Å². The minimum atomic E-state index is -0.590. The Hall–Kier alpha value is -2.86. The molecule has 0 spiro atoms. The van der Waals surface area contributed by atoms with Crippen molar-refractivity contribution in [1.82, 2.24) is 5.32 Å². The second-order valence-corrected chi connectivity index (χ2v) is 6.48. The fraction of sp³-hybridized carbons (Fsp3) is 0.286. The molecule has 2 aromatic rings. The number of esters is 1. The summed E-state index contributed by atoms with van der Waals surface area (Å²) >= 11 is 5.77. The summed E-state index contributed by atoms with van der Waals surface area (Å²) in [5.74, 6) is -0.384. The normalized spacial score (nSPS) is 10.2. The molecule has 0 bridgehead atoms. The maximum atomic E-state index is 12.0. The molecule has 2 rings (SSSR count). The molecular formula is C21H22ClNO5. The number of methoxy groups -OCH3 is 1. The molecule has 148 valence electrons. The highest BCUT2D eigenvalue weighted by Crippen LogP contribution is 2.12. The molecule has 1 N–H and O–H groups in total. The molecule has 0 atom stereocenters. The van der Waals surface area contributed by atoms with E-state index < -0.39 is 5.97 Å². The molecule has 6 nitrogen and oxygen atoms in total. The van der Waals surface area contributed by atoms with Gasteiger partial charge in [0.15, 0.2) is 12.4 Å². The molecule has 0 unspecified atom stereocenters. The van der Waals surface area contributed by atoms with Gasteiger partial charge in [-0.2, -0.15) is 0 Å². The van der Waals surface area contributed by atoms with Crippen LogP contribution in [-0.4, -0.2) is 37.9 Å². The first-order chi connectivity index (χ1) is 13.5. The molecule has 0 saturated heterocycles. The zero-order valence-electron chi connectivity index (χ0n) is 15.6. The van der Waals surface area contributed by atoms with Crippen LogP contribution in [-0.2, 0) is 20.7 Å². The topological polar surface area (TPSA) is 81.7 Å². The average molecular weight is 404 g/mol. The second kappa shape index (κ2) is 11.1. The third kappa shape index (κ3) is 7.40. The number of Topliss-reactive ketones (excluding diaryl/α,β-unsaturated/α-hetero) is 1. The Morgan fingerprint density at radius 3 is 2.29 bits per heavy atom. The van der Waals surface area contributed by atoms with Gasteiger partial charge in [0.1, 0.15) is 5.75 Å². The minimum Gasteiger partial charge on any atom is -0.497 e. The van der Waals surface area contributed by atoms with Gasteiger partial charge in [0.05, 0.1) is 13.5 Å². The zero-order chi connectivity index (χ0) is 20.4. The number of halogens is 1. The van der Waals surface area contributed by atoms with Crippen molar-refractivity contribution < 1.29 is 23.9 Å². The van der Waals surface area contributed by atoms with E-state index in [9.17, 15) is 14.4 Å². The van der Waals surface area contributed by atoms with Gasteiger partial charge < -0.3 is 14.8 Å². The van der Waals surface area contributed by atoms with Crippen molar-refractivity contribution in [3.05, 3.63) is 64.7 Å².